The van der Waals surface area contributed by atoms with Crippen LogP contribution in [0.15, 0.2) is 119 Å². The van der Waals surface area contributed by atoms with Gasteiger partial charge in [0.25, 0.3) is 0 Å². The smallest absolute Gasteiger partial charge is 0.228 e. The molecule has 6 aromatic rings. The second-order valence-corrected chi connectivity index (χ2v) is 18.2. The van der Waals surface area contributed by atoms with E-state index in [-0.39, 0.29) is 22.3 Å². The van der Waals surface area contributed by atoms with Crippen LogP contribution in [-0.2, 0) is 10.8 Å². The van der Waals surface area contributed by atoms with Gasteiger partial charge in [0.2, 0.25) is 11.4 Å². The van der Waals surface area contributed by atoms with Gasteiger partial charge in [0.15, 0.2) is 0 Å². The lowest BCUT2D eigenvalue weighted by Gasteiger charge is -2.46. The molecule has 0 aliphatic carbocycles. The second kappa shape index (κ2) is 14.3. The van der Waals surface area contributed by atoms with Crippen LogP contribution in [0, 0.1) is 0 Å². The number of unbranched alkanes of at least 4 members (excludes halogenated alkanes) is 7. The number of aliphatic imine (C=N–C) groups is 2. The normalized spacial score (nSPS) is 21.3. The van der Waals surface area contributed by atoms with Crippen molar-refractivity contribution < 1.29 is 19.7 Å². The number of fused-ring (bicyclic) bond motifs is 8. The summed E-state index contributed by atoms with van der Waals surface area (Å²) in [6.07, 6.45) is 13.3. The molecule has 0 saturated heterocycles. The van der Waals surface area contributed by atoms with Gasteiger partial charge in [-0.15, -0.1) is 0 Å². The first kappa shape index (κ1) is 38.2. The summed E-state index contributed by atoms with van der Waals surface area (Å²) in [6, 6.07) is 36.4. The van der Waals surface area contributed by atoms with Crippen molar-refractivity contribution in [1.29, 1.82) is 0 Å². The lowest BCUT2D eigenvalue weighted by atomic mass is 9.77. The molecule has 2 spiro atoms. The van der Waals surface area contributed by atoms with E-state index in [1.807, 2.05) is 36.7 Å². The van der Waals surface area contributed by atoms with Crippen molar-refractivity contribution in [2.45, 2.75) is 101 Å². The largest absolute Gasteiger partial charge is 0.508 e. The summed E-state index contributed by atoms with van der Waals surface area (Å²) in [4.78, 5) is 15.1. The maximum atomic E-state index is 10.3. The fourth-order valence-corrected chi connectivity index (χ4v) is 10.6. The number of aromatic hydroxyl groups is 2. The molecule has 306 valence electrons. The summed E-state index contributed by atoms with van der Waals surface area (Å²) in [5.41, 5.74) is 4.31. The minimum absolute atomic E-state index is 0.224. The molecule has 60 heavy (non-hydrogen) atoms. The van der Waals surface area contributed by atoms with E-state index in [9.17, 15) is 10.2 Å². The second-order valence-electron chi connectivity index (χ2n) is 18.2. The van der Waals surface area contributed by atoms with Gasteiger partial charge in [-0.25, -0.2) is 0 Å². The van der Waals surface area contributed by atoms with Gasteiger partial charge in [0, 0.05) is 35.2 Å². The van der Waals surface area contributed by atoms with Gasteiger partial charge in [-0.2, -0.15) is 0 Å². The Morgan fingerprint density at radius 3 is 1.30 bits per heavy atom. The first-order chi connectivity index (χ1) is 29.0. The molecule has 6 aromatic carbocycles. The monoisotopic (exact) mass is 798 g/mol. The minimum Gasteiger partial charge on any atom is -0.508 e. The van der Waals surface area contributed by atoms with Gasteiger partial charge in [0.1, 0.15) is 34.4 Å². The Balaban J connectivity index is 0.759. The molecule has 8 nitrogen and oxygen atoms in total. The van der Waals surface area contributed by atoms with Crippen LogP contribution in [0.2, 0.25) is 0 Å². The molecule has 2 N–H and O–H groups in total. The number of nitrogens with zero attached hydrogens (tertiary/aromatic N) is 4. The predicted molar refractivity (Wildman–Crippen MR) is 245 cm³/mol. The number of hydrogen-bond acceptors (Lipinski definition) is 8. The number of anilines is 2. The molecule has 0 bridgehead atoms. The van der Waals surface area contributed by atoms with Crippen LogP contribution in [0.5, 0.6) is 23.0 Å². The molecule has 4 aliphatic rings. The molecule has 10 rings (SSSR count). The zero-order valence-corrected chi connectivity index (χ0v) is 35.1. The van der Waals surface area contributed by atoms with E-state index < -0.39 is 11.4 Å². The van der Waals surface area contributed by atoms with Crippen molar-refractivity contribution in [1.82, 2.24) is 0 Å². The Morgan fingerprint density at radius 1 is 0.483 bits per heavy atom. The van der Waals surface area contributed by atoms with Crippen LogP contribution in [-0.4, -0.2) is 47.2 Å². The Labute approximate surface area is 352 Å². The number of para-hydroxylation sites is 2. The Hall–Kier alpha value is -6.02. The molecule has 0 fully saturated rings. The number of phenolic OH excluding ortho intramolecular Hbond substituents is 2. The summed E-state index contributed by atoms with van der Waals surface area (Å²) in [5, 5.41) is 24.4. The summed E-state index contributed by atoms with van der Waals surface area (Å²) in [5.74, 6) is 1.94. The van der Waals surface area contributed by atoms with Gasteiger partial charge in [-0.05, 0) is 111 Å². The zero-order chi connectivity index (χ0) is 41.3. The quantitative estimate of drug-likeness (QED) is 0.127. The van der Waals surface area contributed by atoms with Crippen molar-refractivity contribution in [3.05, 3.63) is 120 Å². The van der Waals surface area contributed by atoms with Gasteiger partial charge in [0.05, 0.1) is 23.3 Å². The van der Waals surface area contributed by atoms with Crippen molar-refractivity contribution in [2.75, 3.05) is 22.9 Å². The molecule has 0 amide bonds. The van der Waals surface area contributed by atoms with Crippen LogP contribution < -0.4 is 19.3 Å². The zero-order valence-electron chi connectivity index (χ0n) is 35.1. The molecule has 4 heterocycles. The lowest BCUT2D eigenvalue weighted by molar-refractivity contribution is 0.0773. The summed E-state index contributed by atoms with van der Waals surface area (Å²) in [7, 11) is 0. The highest BCUT2D eigenvalue weighted by Gasteiger charge is 2.61. The highest BCUT2D eigenvalue weighted by molar-refractivity contribution is 6.02. The Morgan fingerprint density at radius 2 is 0.867 bits per heavy atom. The third kappa shape index (κ3) is 5.77. The highest BCUT2D eigenvalue weighted by atomic mass is 16.5. The molecule has 0 aromatic heterocycles. The summed E-state index contributed by atoms with van der Waals surface area (Å²) >= 11 is 0. The average molecular weight is 799 g/mol. The minimum atomic E-state index is -0.756. The van der Waals surface area contributed by atoms with E-state index >= 15 is 0 Å². The van der Waals surface area contributed by atoms with Crippen molar-refractivity contribution in [3.8, 4) is 23.0 Å². The van der Waals surface area contributed by atoms with E-state index in [0.29, 0.717) is 0 Å². The molecule has 4 aliphatic heterocycles. The summed E-state index contributed by atoms with van der Waals surface area (Å²) in [6.45, 7) is 10.8. The van der Waals surface area contributed by atoms with Crippen molar-refractivity contribution in [2.24, 2.45) is 9.98 Å². The number of rotatable bonds is 11. The molecule has 8 heteroatoms. The number of ether oxygens (including phenoxy) is 2. The molecular formula is C52H54N4O4. The molecule has 0 radical (unpaired) electrons. The molecular weight excluding hydrogens is 745 g/mol. The third-order valence-corrected chi connectivity index (χ3v) is 14.0. The standard InChI is InChI=1S/C52H54N4O4/c1-49(2)41-17-11-13-19-43(41)55(51(49)33-53-47-39-31-37(57)25-21-35(39)23-27-45(47)59-51)29-15-9-7-5-6-8-10-16-30-56-44-20-14-12-18-42(44)50(3,4)52(56)34-54-48-40-32-38(58)26-22-36(40)24-28-46(48)60-52/h11-14,17-28,31-34,57-58H,5-10,15-16,29-30H2,1-4H3. The van der Waals surface area contributed by atoms with E-state index in [0.717, 1.165) is 83.2 Å². The first-order valence-corrected chi connectivity index (χ1v) is 21.8. The van der Waals surface area contributed by atoms with Crippen molar-refractivity contribution in [3.63, 3.8) is 0 Å². The molecule has 0 saturated carbocycles. The van der Waals surface area contributed by atoms with Crippen LogP contribution in [0.1, 0.15) is 90.2 Å². The topological polar surface area (TPSA) is 90.1 Å². The fourth-order valence-electron chi connectivity index (χ4n) is 10.6. The number of hydrogen-bond donors (Lipinski definition) is 2. The Bertz CT molecular complexity index is 2520. The van der Waals surface area contributed by atoms with Gasteiger partial charge >= 0.3 is 0 Å². The maximum Gasteiger partial charge on any atom is 0.228 e. The van der Waals surface area contributed by atoms with E-state index in [1.165, 1.54) is 48.2 Å². The molecule has 2 unspecified atom stereocenters. The molecule has 2 atom stereocenters. The third-order valence-electron chi connectivity index (χ3n) is 14.0. The first-order valence-electron chi connectivity index (χ1n) is 21.8. The summed E-state index contributed by atoms with van der Waals surface area (Å²) < 4.78 is 14.2. The van der Waals surface area contributed by atoms with Gasteiger partial charge < -0.3 is 29.5 Å². The van der Waals surface area contributed by atoms with Crippen LogP contribution in [0.3, 0.4) is 0 Å². The highest BCUT2D eigenvalue weighted by Crippen LogP contribution is 2.57. The lowest BCUT2D eigenvalue weighted by Crippen LogP contribution is -2.62. The van der Waals surface area contributed by atoms with Crippen LogP contribution >= 0.6 is 0 Å². The fraction of sp³-hybridized carbons (Fsp3) is 0.346. The SMILES string of the molecule is CC1(C)c2ccccc2N(CCCCCCCCCCN2c3ccccc3C(C)(C)C23C=Nc2c(ccc4ccc(O)cc24)O3)C12C=Nc1c(ccc3ccc(O)cc13)O2. The maximum absolute atomic E-state index is 10.3. The van der Waals surface area contributed by atoms with Gasteiger partial charge in [-0.1, -0.05) is 99.2 Å². The van der Waals surface area contributed by atoms with Crippen LogP contribution in [0.4, 0.5) is 22.7 Å². The number of phenols is 2. The van der Waals surface area contributed by atoms with E-state index in [1.54, 1.807) is 24.3 Å². The average Bonchev–Trinajstić information content (AvgIpc) is 3.54. The van der Waals surface area contributed by atoms with Crippen molar-refractivity contribution >= 4 is 56.7 Å². The van der Waals surface area contributed by atoms with Gasteiger partial charge in [-0.3, -0.25) is 9.98 Å². The van der Waals surface area contributed by atoms with E-state index in [4.69, 9.17) is 19.5 Å². The predicted octanol–water partition coefficient (Wildman–Crippen LogP) is 12.4. The van der Waals surface area contributed by atoms with Crippen LogP contribution in [0.25, 0.3) is 21.5 Å². The van der Waals surface area contributed by atoms with E-state index in [2.05, 4.69) is 98.2 Å². The Kier molecular flexibility index (Phi) is 9.12. The number of benzene rings is 6.